The molecule has 5 amide bonds. The van der Waals surface area contributed by atoms with E-state index in [2.05, 4.69) is 5.32 Å². The molecular weight excluding hydrogens is 382 g/mol. The molecule has 2 saturated heterocycles. The summed E-state index contributed by atoms with van der Waals surface area (Å²) in [5, 5.41) is 2.68. The van der Waals surface area contributed by atoms with Crippen LogP contribution in [0.5, 0.6) is 5.75 Å². The van der Waals surface area contributed by atoms with Crippen LogP contribution in [0.2, 0.25) is 0 Å². The molecule has 0 unspecified atom stereocenters. The minimum absolute atomic E-state index is 0.232. The van der Waals surface area contributed by atoms with E-state index in [4.69, 9.17) is 9.47 Å². The SMILES string of the molecule is O=C(CN1C(=O)N[C@]2(CCOc3ccccc32)C1=O)OCC(=O)N1CCCC1=O. The van der Waals surface area contributed by atoms with E-state index in [0.717, 1.165) is 9.80 Å². The first kappa shape index (κ1) is 18.9. The number of urea groups is 1. The number of esters is 1. The molecular formula is C19H19N3O7. The van der Waals surface area contributed by atoms with Gasteiger partial charge in [-0.15, -0.1) is 0 Å². The van der Waals surface area contributed by atoms with E-state index in [0.29, 0.717) is 24.3 Å². The third-order valence-corrected chi connectivity index (χ3v) is 5.28. The summed E-state index contributed by atoms with van der Waals surface area (Å²) in [6.45, 7) is -0.710. The van der Waals surface area contributed by atoms with Gasteiger partial charge in [0, 0.05) is 24.9 Å². The third kappa shape index (κ3) is 3.20. The highest BCUT2D eigenvalue weighted by Gasteiger charge is 2.55. The monoisotopic (exact) mass is 401 g/mol. The summed E-state index contributed by atoms with van der Waals surface area (Å²) in [7, 11) is 0. The Morgan fingerprint density at radius 1 is 1.21 bits per heavy atom. The van der Waals surface area contributed by atoms with Gasteiger partial charge in [0.25, 0.3) is 11.8 Å². The second kappa shape index (κ2) is 7.19. The number of rotatable bonds is 4. The van der Waals surface area contributed by atoms with Crippen molar-refractivity contribution >= 4 is 29.7 Å². The number of nitrogens with one attached hydrogen (secondary N) is 1. The van der Waals surface area contributed by atoms with E-state index in [1.807, 2.05) is 0 Å². The number of ether oxygens (including phenoxy) is 2. The van der Waals surface area contributed by atoms with Crippen LogP contribution in [0.25, 0.3) is 0 Å². The molecule has 1 aromatic carbocycles. The molecule has 0 saturated carbocycles. The summed E-state index contributed by atoms with van der Waals surface area (Å²) in [6, 6.07) is 6.18. The van der Waals surface area contributed by atoms with Crippen molar-refractivity contribution in [3.05, 3.63) is 29.8 Å². The molecule has 10 nitrogen and oxygen atoms in total. The molecule has 152 valence electrons. The lowest BCUT2D eigenvalue weighted by Crippen LogP contribution is -2.47. The van der Waals surface area contributed by atoms with Crippen LogP contribution in [0.15, 0.2) is 24.3 Å². The zero-order valence-corrected chi connectivity index (χ0v) is 15.5. The summed E-state index contributed by atoms with van der Waals surface area (Å²) in [5.74, 6) is -1.91. The van der Waals surface area contributed by atoms with E-state index in [-0.39, 0.29) is 25.4 Å². The second-order valence-corrected chi connectivity index (χ2v) is 7.02. The smallest absolute Gasteiger partial charge is 0.326 e. The van der Waals surface area contributed by atoms with Gasteiger partial charge in [0.1, 0.15) is 12.3 Å². The maximum absolute atomic E-state index is 13.0. The van der Waals surface area contributed by atoms with Gasteiger partial charge >= 0.3 is 12.0 Å². The fourth-order valence-electron chi connectivity index (χ4n) is 3.82. The molecule has 0 bridgehead atoms. The first-order chi connectivity index (χ1) is 13.9. The topological polar surface area (TPSA) is 122 Å². The number of carbonyl (C=O) groups is 5. The summed E-state index contributed by atoms with van der Waals surface area (Å²) in [5.41, 5.74) is -0.757. The van der Waals surface area contributed by atoms with Gasteiger partial charge in [-0.3, -0.25) is 29.0 Å². The van der Waals surface area contributed by atoms with Crippen LogP contribution in [0.4, 0.5) is 4.79 Å². The standard InChI is InChI=1S/C19H19N3O7/c23-14-6-3-8-21(14)15(24)11-29-16(25)10-22-17(26)19(20-18(22)27)7-9-28-13-5-2-1-4-12(13)19/h1-2,4-5H,3,6-11H2,(H,20,27)/t19-/m0/s1. The van der Waals surface area contributed by atoms with Gasteiger partial charge in [-0.05, 0) is 12.5 Å². The number of imide groups is 2. The van der Waals surface area contributed by atoms with Crippen molar-refractivity contribution < 1.29 is 33.4 Å². The maximum Gasteiger partial charge on any atom is 0.326 e. The van der Waals surface area contributed by atoms with Crippen molar-refractivity contribution in [2.45, 2.75) is 24.8 Å². The highest BCUT2D eigenvalue weighted by molar-refractivity contribution is 6.09. The Labute approximate surface area is 165 Å². The Balaban J connectivity index is 1.42. The first-order valence-electron chi connectivity index (χ1n) is 9.27. The van der Waals surface area contributed by atoms with E-state index < -0.39 is 42.5 Å². The number of nitrogens with zero attached hydrogens (tertiary/aromatic N) is 2. The fraction of sp³-hybridized carbons (Fsp3) is 0.421. The summed E-state index contributed by atoms with van der Waals surface area (Å²) in [6.07, 6.45) is 1.10. The number of para-hydroxylation sites is 1. The third-order valence-electron chi connectivity index (χ3n) is 5.28. The van der Waals surface area contributed by atoms with E-state index >= 15 is 0 Å². The quantitative estimate of drug-likeness (QED) is 0.553. The van der Waals surface area contributed by atoms with Crippen molar-refractivity contribution in [2.75, 3.05) is 26.3 Å². The highest BCUT2D eigenvalue weighted by atomic mass is 16.5. The molecule has 1 N–H and O–H groups in total. The zero-order chi connectivity index (χ0) is 20.6. The first-order valence-corrected chi connectivity index (χ1v) is 9.27. The van der Waals surface area contributed by atoms with Crippen molar-refractivity contribution in [3.8, 4) is 5.75 Å². The average Bonchev–Trinajstić information content (AvgIpc) is 3.24. The Bertz CT molecular complexity index is 915. The number of likely N-dealkylation sites (tertiary alicyclic amines) is 1. The second-order valence-electron chi connectivity index (χ2n) is 7.02. The molecule has 3 heterocycles. The molecule has 0 radical (unpaired) electrons. The van der Waals surface area contributed by atoms with Gasteiger partial charge < -0.3 is 14.8 Å². The molecule has 1 atom stereocenters. The summed E-state index contributed by atoms with van der Waals surface area (Å²) < 4.78 is 10.4. The number of hydrogen-bond acceptors (Lipinski definition) is 7. The molecule has 3 aliphatic heterocycles. The Kier molecular flexibility index (Phi) is 4.69. The van der Waals surface area contributed by atoms with Gasteiger partial charge in [-0.2, -0.15) is 0 Å². The molecule has 0 aromatic heterocycles. The predicted octanol–water partition coefficient (Wildman–Crippen LogP) is -0.0916. The van der Waals surface area contributed by atoms with Crippen LogP contribution in [0.1, 0.15) is 24.8 Å². The van der Waals surface area contributed by atoms with Crippen LogP contribution in [0.3, 0.4) is 0 Å². The predicted molar refractivity (Wildman–Crippen MR) is 95.4 cm³/mol. The normalized spacial score (nSPS) is 23.1. The highest BCUT2D eigenvalue weighted by Crippen LogP contribution is 2.40. The number of benzene rings is 1. The zero-order valence-electron chi connectivity index (χ0n) is 15.5. The van der Waals surface area contributed by atoms with Crippen LogP contribution in [0, 0.1) is 0 Å². The van der Waals surface area contributed by atoms with E-state index in [1.165, 1.54) is 0 Å². The minimum atomic E-state index is -1.29. The average molecular weight is 401 g/mol. The van der Waals surface area contributed by atoms with Gasteiger partial charge in [0.15, 0.2) is 12.1 Å². The molecule has 3 aliphatic rings. The molecule has 4 rings (SSSR count). The largest absolute Gasteiger partial charge is 0.493 e. The molecule has 2 fully saturated rings. The van der Waals surface area contributed by atoms with Crippen LogP contribution in [-0.2, 0) is 29.5 Å². The number of hydrogen-bond donors (Lipinski definition) is 1. The van der Waals surface area contributed by atoms with Crippen molar-refractivity contribution in [1.29, 1.82) is 0 Å². The van der Waals surface area contributed by atoms with Crippen molar-refractivity contribution in [3.63, 3.8) is 0 Å². The Hall–Kier alpha value is -3.43. The number of amides is 5. The van der Waals surface area contributed by atoms with E-state index in [9.17, 15) is 24.0 Å². The molecule has 0 aliphatic carbocycles. The van der Waals surface area contributed by atoms with Gasteiger partial charge in [-0.1, -0.05) is 18.2 Å². The van der Waals surface area contributed by atoms with Crippen LogP contribution < -0.4 is 10.1 Å². The van der Waals surface area contributed by atoms with Gasteiger partial charge in [0.05, 0.1) is 6.61 Å². The maximum atomic E-state index is 13.0. The number of fused-ring (bicyclic) bond motifs is 2. The fourth-order valence-corrected chi connectivity index (χ4v) is 3.82. The molecule has 1 aromatic rings. The molecule has 10 heteroatoms. The van der Waals surface area contributed by atoms with E-state index in [1.54, 1.807) is 24.3 Å². The van der Waals surface area contributed by atoms with Crippen molar-refractivity contribution in [2.24, 2.45) is 0 Å². The Morgan fingerprint density at radius 2 is 2.00 bits per heavy atom. The lowest BCUT2D eigenvalue weighted by molar-refractivity contribution is -0.155. The summed E-state index contributed by atoms with van der Waals surface area (Å²) >= 11 is 0. The van der Waals surface area contributed by atoms with Gasteiger partial charge in [0.2, 0.25) is 5.91 Å². The van der Waals surface area contributed by atoms with Crippen LogP contribution >= 0.6 is 0 Å². The van der Waals surface area contributed by atoms with Gasteiger partial charge in [-0.25, -0.2) is 4.79 Å². The van der Waals surface area contributed by atoms with Crippen LogP contribution in [-0.4, -0.2) is 65.8 Å². The van der Waals surface area contributed by atoms with Crippen molar-refractivity contribution in [1.82, 2.24) is 15.1 Å². The lowest BCUT2D eigenvalue weighted by Gasteiger charge is -2.33. The number of carbonyl (C=O) groups excluding carboxylic acids is 5. The molecule has 1 spiro atoms. The lowest BCUT2D eigenvalue weighted by atomic mass is 9.84. The summed E-state index contributed by atoms with van der Waals surface area (Å²) in [4.78, 5) is 62.9. The minimum Gasteiger partial charge on any atom is -0.493 e. The molecule has 29 heavy (non-hydrogen) atoms. The Morgan fingerprint density at radius 3 is 2.76 bits per heavy atom.